The van der Waals surface area contributed by atoms with Crippen molar-refractivity contribution >= 4 is 22.7 Å². The van der Waals surface area contributed by atoms with Crippen molar-refractivity contribution in [1.29, 1.82) is 0 Å². The second-order valence-electron chi connectivity index (χ2n) is 8.15. The predicted molar refractivity (Wildman–Crippen MR) is 115 cm³/mol. The van der Waals surface area contributed by atoms with Crippen LogP contribution in [0.1, 0.15) is 41.0 Å². The number of rotatable bonds is 4. The topological polar surface area (TPSA) is 65.2 Å². The van der Waals surface area contributed by atoms with Crippen molar-refractivity contribution in [1.82, 2.24) is 15.2 Å². The van der Waals surface area contributed by atoms with Crippen LogP contribution in [0.3, 0.4) is 0 Å². The predicted octanol–water partition coefficient (Wildman–Crippen LogP) is 3.82. The molecule has 2 aromatic carbocycles. The first-order valence-corrected chi connectivity index (χ1v) is 10.2. The lowest BCUT2D eigenvalue weighted by atomic mass is 9.98. The molecule has 4 rings (SSSR count). The van der Waals surface area contributed by atoms with E-state index < -0.39 is 6.04 Å². The third-order valence-electron chi connectivity index (χ3n) is 5.80. The Morgan fingerprint density at radius 3 is 2.55 bits per heavy atom. The molecule has 0 spiro atoms. The zero-order valence-electron chi connectivity index (χ0n) is 17.2. The number of para-hydroxylation sites is 1. The van der Waals surface area contributed by atoms with Crippen molar-refractivity contribution in [2.24, 2.45) is 5.92 Å². The van der Waals surface area contributed by atoms with Crippen molar-refractivity contribution in [3.63, 3.8) is 0 Å². The third kappa shape index (κ3) is 3.65. The third-order valence-corrected chi connectivity index (χ3v) is 5.80. The van der Waals surface area contributed by atoms with E-state index in [-0.39, 0.29) is 17.7 Å². The Hall–Kier alpha value is -3.08. The minimum Gasteiger partial charge on any atom is -0.358 e. The molecule has 2 heterocycles. The molecule has 1 aliphatic rings. The van der Waals surface area contributed by atoms with Gasteiger partial charge in [0.25, 0.3) is 5.91 Å². The highest BCUT2D eigenvalue weighted by atomic mass is 16.2. The number of nitrogens with zero attached hydrogens (tertiary/aromatic N) is 1. The van der Waals surface area contributed by atoms with E-state index in [0.29, 0.717) is 18.7 Å². The van der Waals surface area contributed by atoms with E-state index in [1.807, 2.05) is 56.0 Å². The van der Waals surface area contributed by atoms with Crippen molar-refractivity contribution < 1.29 is 9.59 Å². The Morgan fingerprint density at radius 1 is 1.07 bits per heavy atom. The summed E-state index contributed by atoms with van der Waals surface area (Å²) in [5, 5.41) is 4.16. The van der Waals surface area contributed by atoms with Gasteiger partial charge in [-0.25, -0.2) is 0 Å². The molecular formula is C24H27N3O2. The van der Waals surface area contributed by atoms with Gasteiger partial charge in [-0.15, -0.1) is 0 Å². The molecule has 0 fully saturated rings. The normalized spacial score (nSPS) is 14.7. The van der Waals surface area contributed by atoms with Gasteiger partial charge in [0, 0.05) is 47.2 Å². The summed E-state index contributed by atoms with van der Waals surface area (Å²) in [7, 11) is 0. The maximum atomic E-state index is 13.4. The van der Waals surface area contributed by atoms with E-state index in [2.05, 4.69) is 22.4 Å². The van der Waals surface area contributed by atoms with Gasteiger partial charge in [-0.05, 0) is 30.5 Å². The molecule has 5 heteroatoms. The Bertz CT molecular complexity index is 1070. The van der Waals surface area contributed by atoms with E-state index >= 15 is 0 Å². The van der Waals surface area contributed by atoms with Gasteiger partial charge in [-0.2, -0.15) is 0 Å². The van der Waals surface area contributed by atoms with Gasteiger partial charge in [0.15, 0.2) is 0 Å². The fraction of sp³-hybridized carbons (Fsp3) is 0.333. The van der Waals surface area contributed by atoms with Crippen LogP contribution in [0.4, 0.5) is 0 Å². The van der Waals surface area contributed by atoms with Crippen LogP contribution in [0.15, 0.2) is 48.5 Å². The zero-order valence-corrected chi connectivity index (χ0v) is 17.2. The lowest BCUT2D eigenvalue weighted by Crippen LogP contribution is -2.52. The van der Waals surface area contributed by atoms with Crippen LogP contribution in [0, 0.1) is 12.8 Å². The molecule has 1 atom stereocenters. The number of hydrogen-bond acceptors (Lipinski definition) is 2. The second kappa shape index (κ2) is 7.74. The van der Waals surface area contributed by atoms with E-state index in [1.165, 1.54) is 16.6 Å². The number of H-pyrrole nitrogens is 1. The monoisotopic (exact) mass is 389 g/mol. The molecule has 150 valence electrons. The first kappa shape index (κ1) is 19.2. The van der Waals surface area contributed by atoms with Crippen molar-refractivity contribution in [2.45, 2.75) is 39.8 Å². The molecule has 0 bridgehead atoms. The Kier molecular flexibility index (Phi) is 5.14. The van der Waals surface area contributed by atoms with E-state index in [0.717, 1.165) is 17.5 Å². The largest absolute Gasteiger partial charge is 0.358 e. The Morgan fingerprint density at radius 2 is 1.79 bits per heavy atom. The molecule has 1 aliphatic heterocycles. The SMILES string of the molecule is Cc1ccccc1C(=O)NC(C(=O)N1CCc2[nH]c3ccccc3c2C1)C(C)C. The first-order chi connectivity index (χ1) is 14.0. The molecule has 5 nitrogen and oxygen atoms in total. The van der Waals surface area contributed by atoms with Gasteiger partial charge < -0.3 is 15.2 Å². The Balaban J connectivity index is 1.55. The van der Waals surface area contributed by atoms with Crippen LogP contribution in [-0.4, -0.2) is 34.3 Å². The van der Waals surface area contributed by atoms with Gasteiger partial charge in [0.1, 0.15) is 6.04 Å². The summed E-state index contributed by atoms with van der Waals surface area (Å²) in [6, 6.07) is 15.1. The number of fused-ring (bicyclic) bond motifs is 3. The first-order valence-electron chi connectivity index (χ1n) is 10.2. The molecule has 1 unspecified atom stereocenters. The number of aromatic nitrogens is 1. The highest BCUT2D eigenvalue weighted by molar-refractivity contribution is 5.98. The molecule has 29 heavy (non-hydrogen) atoms. The van der Waals surface area contributed by atoms with Crippen LogP contribution < -0.4 is 5.32 Å². The molecule has 2 amide bonds. The van der Waals surface area contributed by atoms with Gasteiger partial charge in [-0.3, -0.25) is 9.59 Å². The molecule has 0 saturated carbocycles. The van der Waals surface area contributed by atoms with E-state index in [1.54, 1.807) is 6.07 Å². The molecule has 0 radical (unpaired) electrons. The van der Waals surface area contributed by atoms with Crippen LogP contribution in [0.5, 0.6) is 0 Å². The summed E-state index contributed by atoms with van der Waals surface area (Å²) in [6.45, 7) is 7.08. The summed E-state index contributed by atoms with van der Waals surface area (Å²) in [4.78, 5) is 31.5. The summed E-state index contributed by atoms with van der Waals surface area (Å²) < 4.78 is 0. The maximum Gasteiger partial charge on any atom is 0.252 e. The van der Waals surface area contributed by atoms with Crippen LogP contribution in [0.2, 0.25) is 0 Å². The lowest BCUT2D eigenvalue weighted by Gasteiger charge is -2.32. The standard InChI is InChI=1S/C24H27N3O2/c1-15(2)22(26-23(28)17-9-5-4-8-16(17)3)24(29)27-13-12-21-19(14-27)18-10-6-7-11-20(18)25-21/h4-11,15,22,25H,12-14H2,1-3H3,(H,26,28). The molecule has 0 aliphatic carbocycles. The number of aryl methyl sites for hydroxylation is 1. The van der Waals surface area contributed by atoms with Crippen LogP contribution >= 0.6 is 0 Å². The highest BCUT2D eigenvalue weighted by Crippen LogP contribution is 2.28. The van der Waals surface area contributed by atoms with Crippen molar-refractivity contribution in [2.75, 3.05) is 6.54 Å². The van der Waals surface area contributed by atoms with E-state index in [9.17, 15) is 9.59 Å². The molecular weight excluding hydrogens is 362 g/mol. The zero-order chi connectivity index (χ0) is 20.5. The molecule has 3 aromatic rings. The summed E-state index contributed by atoms with van der Waals surface area (Å²) in [5.74, 6) is -0.211. The minimum atomic E-state index is -0.547. The number of aromatic amines is 1. The number of hydrogen-bond donors (Lipinski definition) is 2. The van der Waals surface area contributed by atoms with Gasteiger partial charge in [0.05, 0.1) is 0 Å². The molecule has 2 N–H and O–H groups in total. The summed E-state index contributed by atoms with van der Waals surface area (Å²) in [5.41, 5.74) is 5.03. The average Bonchev–Trinajstić information content (AvgIpc) is 3.09. The summed E-state index contributed by atoms with van der Waals surface area (Å²) >= 11 is 0. The van der Waals surface area contributed by atoms with Gasteiger partial charge in [0.2, 0.25) is 5.91 Å². The Labute approximate surface area is 171 Å². The number of nitrogens with one attached hydrogen (secondary N) is 2. The van der Waals surface area contributed by atoms with Crippen molar-refractivity contribution in [3.8, 4) is 0 Å². The highest BCUT2D eigenvalue weighted by Gasteiger charge is 2.32. The summed E-state index contributed by atoms with van der Waals surface area (Å²) in [6.07, 6.45) is 0.798. The smallest absolute Gasteiger partial charge is 0.252 e. The fourth-order valence-corrected chi connectivity index (χ4v) is 4.11. The lowest BCUT2D eigenvalue weighted by molar-refractivity contribution is -0.135. The minimum absolute atomic E-state index is 0.000154. The number of benzene rings is 2. The van der Waals surface area contributed by atoms with Gasteiger partial charge >= 0.3 is 0 Å². The molecule has 0 saturated heterocycles. The van der Waals surface area contributed by atoms with Crippen LogP contribution in [-0.2, 0) is 17.8 Å². The average molecular weight is 389 g/mol. The van der Waals surface area contributed by atoms with E-state index in [4.69, 9.17) is 0 Å². The van der Waals surface area contributed by atoms with Crippen molar-refractivity contribution in [3.05, 3.63) is 70.9 Å². The number of carbonyl (C=O) groups is 2. The molecule has 1 aromatic heterocycles. The van der Waals surface area contributed by atoms with Crippen LogP contribution in [0.25, 0.3) is 10.9 Å². The number of carbonyl (C=O) groups excluding carboxylic acids is 2. The second-order valence-corrected chi connectivity index (χ2v) is 8.15. The number of amides is 2. The maximum absolute atomic E-state index is 13.4. The van der Waals surface area contributed by atoms with Gasteiger partial charge in [-0.1, -0.05) is 50.2 Å². The quantitative estimate of drug-likeness (QED) is 0.713. The fourth-order valence-electron chi connectivity index (χ4n) is 4.11.